The Morgan fingerprint density at radius 2 is 2.00 bits per heavy atom. The zero-order chi connectivity index (χ0) is 8.39. The topological polar surface area (TPSA) is 26.0 Å². The molecule has 1 heterocycles. The van der Waals surface area contributed by atoms with Crippen molar-refractivity contribution in [2.45, 2.75) is 6.92 Å². The van der Waals surface area contributed by atoms with Gasteiger partial charge in [-0.2, -0.15) is 0 Å². The highest BCUT2D eigenvalue weighted by Crippen LogP contribution is 2.17. The molecule has 1 aromatic carbocycles. The predicted molar refractivity (Wildman–Crippen MR) is 45.5 cm³/mol. The molecule has 0 atom stereocenters. The Morgan fingerprint density at radius 3 is 2.58 bits per heavy atom. The van der Waals surface area contributed by atoms with E-state index in [2.05, 4.69) is 30.4 Å². The van der Waals surface area contributed by atoms with Gasteiger partial charge in [0.25, 0.3) is 0 Å². The van der Waals surface area contributed by atoms with Crippen molar-refractivity contribution in [2.75, 3.05) is 0 Å². The largest absolute Gasteiger partial charge is 0.363 e. The van der Waals surface area contributed by atoms with Gasteiger partial charge in [-0.3, -0.25) is 0 Å². The van der Waals surface area contributed by atoms with Gasteiger partial charge in [-0.05, 0) is 12.5 Å². The number of aromatic nitrogens is 1. The summed E-state index contributed by atoms with van der Waals surface area (Å²) in [6.07, 6.45) is 4.34. The second kappa shape index (κ2) is 2.81. The smallest absolute Gasteiger partial charge is 0.144 e. The molecule has 0 aliphatic carbocycles. The zero-order valence-corrected chi connectivity index (χ0v) is 6.74. The van der Waals surface area contributed by atoms with E-state index in [4.69, 9.17) is 4.52 Å². The third-order valence-electron chi connectivity index (χ3n) is 1.75. The van der Waals surface area contributed by atoms with Crippen LogP contribution in [0.15, 0.2) is 35.1 Å². The maximum atomic E-state index is 4.69. The average molecular weight is 158 g/mol. The number of rotatable bonds is 1. The SMILES string of the molecule is Cc1ccc(-c2[c]noc2)cc1. The van der Waals surface area contributed by atoms with E-state index in [9.17, 15) is 0 Å². The van der Waals surface area contributed by atoms with Crippen LogP contribution in [0.5, 0.6) is 0 Å². The van der Waals surface area contributed by atoms with E-state index in [-0.39, 0.29) is 0 Å². The maximum absolute atomic E-state index is 4.69. The molecule has 0 fully saturated rings. The van der Waals surface area contributed by atoms with Gasteiger partial charge in [0.1, 0.15) is 12.5 Å². The average Bonchev–Trinajstić information content (AvgIpc) is 2.58. The Labute approximate surface area is 70.8 Å². The van der Waals surface area contributed by atoms with E-state index in [1.807, 2.05) is 12.1 Å². The summed E-state index contributed by atoms with van der Waals surface area (Å²) in [7, 11) is 0. The van der Waals surface area contributed by atoms with Crippen LogP contribution in [0.4, 0.5) is 0 Å². The minimum Gasteiger partial charge on any atom is -0.363 e. The van der Waals surface area contributed by atoms with Gasteiger partial charge in [0, 0.05) is 0 Å². The molecule has 2 heteroatoms. The summed E-state index contributed by atoms with van der Waals surface area (Å²) in [5, 5.41) is 3.52. The van der Waals surface area contributed by atoms with Crippen LogP contribution in [0.1, 0.15) is 5.56 Å². The van der Waals surface area contributed by atoms with Crippen LogP contribution in [0.3, 0.4) is 0 Å². The summed E-state index contributed by atoms with van der Waals surface area (Å²) < 4.78 is 4.69. The molecule has 12 heavy (non-hydrogen) atoms. The lowest BCUT2D eigenvalue weighted by Gasteiger charge is -1.95. The van der Waals surface area contributed by atoms with Crippen molar-refractivity contribution in [1.29, 1.82) is 0 Å². The molecular formula is C10H8NO. The summed E-state index contributed by atoms with van der Waals surface area (Å²) in [6.45, 7) is 2.06. The first-order valence-electron chi connectivity index (χ1n) is 3.75. The lowest BCUT2D eigenvalue weighted by Crippen LogP contribution is -1.74. The standard InChI is InChI=1S/C10H8NO/c1-8-2-4-9(5-3-8)10-6-11-12-7-10/h2-5,7H,1H3. The summed E-state index contributed by atoms with van der Waals surface area (Å²) in [5.74, 6) is 0. The highest BCUT2D eigenvalue weighted by atomic mass is 16.5. The summed E-state index contributed by atoms with van der Waals surface area (Å²) in [5.41, 5.74) is 3.23. The number of hydrogen-bond acceptors (Lipinski definition) is 2. The van der Waals surface area contributed by atoms with E-state index in [1.54, 1.807) is 6.26 Å². The predicted octanol–water partition coefficient (Wildman–Crippen LogP) is 2.45. The molecule has 59 valence electrons. The second-order valence-corrected chi connectivity index (χ2v) is 2.71. The molecule has 0 spiro atoms. The lowest BCUT2D eigenvalue weighted by molar-refractivity contribution is 0.418. The Balaban J connectivity index is 2.43. The van der Waals surface area contributed by atoms with Gasteiger partial charge in [0.05, 0.1) is 5.56 Å². The van der Waals surface area contributed by atoms with Crippen molar-refractivity contribution in [3.63, 3.8) is 0 Å². The normalized spacial score (nSPS) is 10.1. The van der Waals surface area contributed by atoms with Crippen molar-refractivity contribution in [1.82, 2.24) is 5.16 Å². The Kier molecular flexibility index (Phi) is 1.67. The molecule has 2 nitrogen and oxygen atoms in total. The lowest BCUT2D eigenvalue weighted by atomic mass is 10.1. The molecule has 0 N–H and O–H groups in total. The van der Waals surface area contributed by atoms with Gasteiger partial charge in [-0.25, -0.2) is 0 Å². The molecule has 1 radical (unpaired) electrons. The monoisotopic (exact) mass is 158 g/mol. The van der Waals surface area contributed by atoms with Gasteiger partial charge in [-0.1, -0.05) is 35.0 Å². The van der Waals surface area contributed by atoms with E-state index >= 15 is 0 Å². The molecule has 2 rings (SSSR count). The first-order chi connectivity index (χ1) is 5.86. The van der Waals surface area contributed by atoms with Crippen LogP contribution in [0, 0.1) is 13.1 Å². The highest BCUT2D eigenvalue weighted by molar-refractivity contribution is 5.60. The van der Waals surface area contributed by atoms with E-state index in [0.717, 1.165) is 11.1 Å². The van der Waals surface area contributed by atoms with Crippen LogP contribution in [0.25, 0.3) is 11.1 Å². The van der Waals surface area contributed by atoms with Crippen LogP contribution < -0.4 is 0 Å². The molecule has 0 bridgehead atoms. The molecule has 0 amide bonds. The van der Waals surface area contributed by atoms with E-state index in [0.29, 0.717) is 0 Å². The molecule has 0 unspecified atom stereocenters. The summed E-state index contributed by atoms with van der Waals surface area (Å²) in [4.78, 5) is 0. The zero-order valence-electron chi connectivity index (χ0n) is 6.74. The minimum absolute atomic E-state index is 0.898. The molecule has 0 aliphatic heterocycles. The van der Waals surface area contributed by atoms with Gasteiger partial charge < -0.3 is 4.52 Å². The molecule has 2 aromatic rings. The van der Waals surface area contributed by atoms with Gasteiger partial charge >= 0.3 is 0 Å². The van der Waals surface area contributed by atoms with Gasteiger partial charge in [0.15, 0.2) is 0 Å². The third kappa shape index (κ3) is 1.23. The number of benzene rings is 1. The fourth-order valence-electron chi connectivity index (χ4n) is 1.05. The number of aryl methyl sites for hydroxylation is 1. The molecular weight excluding hydrogens is 150 g/mol. The molecule has 1 aromatic heterocycles. The Bertz CT molecular complexity index is 348. The maximum Gasteiger partial charge on any atom is 0.144 e. The molecule has 0 saturated heterocycles. The number of nitrogens with zero attached hydrogens (tertiary/aromatic N) is 1. The second-order valence-electron chi connectivity index (χ2n) is 2.71. The summed E-state index contributed by atoms with van der Waals surface area (Å²) >= 11 is 0. The quantitative estimate of drug-likeness (QED) is 0.637. The van der Waals surface area contributed by atoms with E-state index in [1.165, 1.54) is 5.56 Å². The Morgan fingerprint density at radius 1 is 1.25 bits per heavy atom. The van der Waals surface area contributed by atoms with Crippen LogP contribution >= 0.6 is 0 Å². The molecule has 0 aliphatic rings. The van der Waals surface area contributed by atoms with Crippen LogP contribution in [-0.2, 0) is 0 Å². The number of hydrogen-bond donors (Lipinski definition) is 0. The highest BCUT2D eigenvalue weighted by Gasteiger charge is 1.98. The summed E-state index contributed by atoms with van der Waals surface area (Å²) in [6, 6.07) is 8.16. The van der Waals surface area contributed by atoms with Crippen molar-refractivity contribution in [3.8, 4) is 11.1 Å². The van der Waals surface area contributed by atoms with Gasteiger partial charge in [-0.15, -0.1) is 0 Å². The van der Waals surface area contributed by atoms with Crippen molar-refractivity contribution >= 4 is 0 Å². The fraction of sp³-hybridized carbons (Fsp3) is 0.100. The van der Waals surface area contributed by atoms with Crippen molar-refractivity contribution in [3.05, 3.63) is 42.3 Å². The minimum atomic E-state index is 0.898. The van der Waals surface area contributed by atoms with Crippen LogP contribution in [-0.4, -0.2) is 5.16 Å². The molecule has 0 saturated carbocycles. The van der Waals surface area contributed by atoms with Crippen LogP contribution in [0.2, 0.25) is 0 Å². The fourth-order valence-corrected chi connectivity index (χ4v) is 1.05. The van der Waals surface area contributed by atoms with Gasteiger partial charge in [0.2, 0.25) is 0 Å². The van der Waals surface area contributed by atoms with E-state index < -0.39 is 0 Å². The first-order valence-corrected chi connectivity index (χ1v) is 3.75. The van der Waals surface area contributed by atoms with Crippen molar-refractivity contribution in [2.24, 2.45) is 0 Å². The third-order valence-corrected chi connectivity index (χ3v) is 1.75. The van der Waals surface area contributed by atoms with Crippen molar-refractivity contribution < 1.29 is 4.52 Å². The first kappa shape index (κ1) is 7.10. The Hall–Kier alpha value is -1.57.